The molecule has 0 atom stereocenters. The first-order valence-electron chi connectivity index (χ1n) is 10.6. The van der Waals surface area contributed by atoms with Crippen molar-refractivity contribution in [3.63, 3.8) is 0 Å². The molecule has 0 aromatic heterocycles. The average molecular weight is 435 g/mol. The van der Waals surface area contributed by atoms with E-state index >= 15 is 0 Å². The Labute approximate surface area is 182 Å². The molecular weight excluding hydrogens is 404 g/mol. The number of carbonyl (C=O) groups is 2. The van der Waals surface area contributed by atoms with Gasteiger partial charge in [-0.2, -0.15) is 0 Å². The summed E-state index contributed by atoms with van der Waals surface area (Å²) >= 11 is 0. The number of carbonyl (C=O) groups excluding carboxylic acids is 2. The summed E-state index contributed by atoms with van der Waals surface area (Å²) in [5, 5.41) is 10.7. The largest absolute Gasteiger partial charge is 0.507 e. The number of hydrogen-bond donors (Lipinski definition) is 1. The van der Waals surface area contributed by atoms with Crippen LogP contribution in [-0.4, -0.2) is 68.5 Å². The summed E-state index contributed by atoms with van der Waals surface area (Å²) in [7, 11) is 1.54. The molecule has 2 aliphatic rings. The van der Waals surface area contributed by atoms with Gasteiger partial charge in [0.15, 0.2) is 0 Å². The van der Waals surface area contributed by atoms with Crippen molar-refractivity contribution in [3.8, 4) is 11.5 Å². The molecule has 1 N–H and O–H groups in total. The van der Waals surface area contributed by atoms with Crippen LogP contribution < -0.4 is 4.74 Å². The van der Waals surface area contributed by atoms with Crippen LogP contribution in [0.2, 0.25) is 0 Å². The lowest BCUT2D eigenvalue weighted by Crippen LogP contribution is -2.38. The van der Waals surface area contributed by atoms with Gasteiger partial charge in [-0.05, 0) is 32.3 Å². The third kappa shape index (κ3) is 5.57. The maximum Gasteiger partial charge on any atom is 0.342 e. The van der Waals surface area contributed by atoms with Crippen LogP contribution in [0, 0.1) is 6.92 Å². The number of phenols is 1. The molecule has 0 saturated carbocycles. The number of esters is 2. The number of cyclic esters (lactones) is 1. The van der Waals surface area contributed by atoms with Crippen LogP contribution in [0.4, 0.5) is 0 Å². The Morgan fingerprint density at radius 3 is 2.77 bits per heavy atom. The van der Waals surface area contributed by atoms with Crippen molar-refractivity contribution in [1.29, 1.82) is 0 Å². The van der Waals surface area contributed by atoms with Crippen molar-refractivity contribution in [2.75, 3.05) is 46.6 Å². The number of hydrogen-bond acceptors (Lipinski definition) is 8. The number of allylic oxidation sites excluding steroid dienone is 2. The second-order valence-electron chi connectivity index (χ2n) is 7.84. The Kier molecular flexibility index (Phi) is 7.92. The summed E-state index contributed by atoms with van der Waals surface area (Å²) in [5.41, 5.74) is 3.23. The van der Waals surface area contributed by atoms with Crippen molar-refractivity contribution >= 4 is 11.9 Å². The van der Waals surface area contributed by atoms with Crippen LogP contribution in [0.1, 0.15) is 46.8 Å². The van der Waals surface area contributed by atoms with Crippen molar-refractivity contribution < 1.29 is 33.6 Å². The topological polar surface area (TPSA) is 94.5 Å². The van der Waals surface area contributed by atoms with Gasteiger partial charge >= 0.3 is 11.9 Å². The first-order valence-corrected chi connectivity index (χ1v) is 10.6. The standard InChI is InChI=1S/C23H31NO7/c1-15(5-7-19(25)30-13-10-24-8-11-29-12-9-24)4-6-17-21(26)20-18(14-31-23(20)27)16(2)22(17)28-3/h4,26H,5-14H2,1-3H3/b15-4+/i19+2. The van der Waals surface area contributed by atoms with Gasteiger partial charge in [-0.25, -0.2) is 4.79 Å². The van der Waals surface area contributed by atoms with Crippen molar-refractivity contribution in [1.82, 2.24) is 4.90 Å². The van der Waals surface area contributed by atoms with Gasteiger partial charge in [0.2, 0.25) is 0 Å². The van der Waals surface area contributed by atoms with Gasteiger partial charge in [-0.1, -0.05) is 11.6 Å². The number of nitrogens with zero attached hydrogens (tertiary/aromatic N) is 1. The predicted octanol–water partition coefficient (Wildman–Crippen LogP) is 2.52. The Bertz CT molecular complexity index is 856. The lowest BCUT2D eigenvalue weighted by Gasteiger charge is -2.26. The maximum absolute atomic E-state index is 12.0. The number of ether oxygens (including phenoxy) is 4. The molecular formula is C23H31NO7. The molecule has 2 aliphatic heterocycles. The predicted molar refractivity (Wildman–Crippen MR) is 113 cm³/mol. The molecule has 1 saturated heterocycles. The van der Waals surface area contributed by atoms with Crippen molar-refractivity contribution in [2.45, 2.75) is 39.7 Å². The molecule has 2 heterocycles. The van der Waals surface area contributed by atoms with E-state index in [2.05, 4.69) is 4.90 Å². The van der Waals surface area contributed by atoms with E-state index in [0.717, 1.165) is 44.0 Å². The van der Waals surface area contributed by atoms with Gasteiger partial charge in [0.1, 0.15) is 30.3 Å². The summed E-state index contributed by atoms with van der Waals surface area (Å²) in [4.78, 5) is 26.2. The number of methoxy groups -OCH3 is 1. The molecule has 170 valence electrons. The minimum absolute atomic E-state index is 0.0912. The molecule has 1 fully saturated rings. The molecule has 0 unspecified atom stereocenters. The van der Waals surface area contributed by atoms with E-state index in [-0.39, 0.29) is 23.9 Å². The molecule has 1 aromatic carbocycles. The number of fused-ring (bicyclic) bond motifs is 1. The summed E-state index contributed by atoms with van der Waals surface area (Å²) in [6, 6.07) is 0. The van der Waals surface area contributed by atoms with E-state index in [4.69, 9.17) is 18.9 Å². The number of phenolic OH excluding ortho intramolecular Hbond substituents is 1. The van der Waals surface area contributed by atoms with Crippen LogP contribution >= 0.6 is 0 Å². The fourth-order valence-corrected chi connectivity index (χ4v) is 3.89. The van der Waals surface area contributed by atoms with Crippen LogP contribution in [-0.2, 0) is 32.0 Å². The summed E-state index contributed by atoms with van der Waals surface area (Å²) in [6.07, 6.45) is 3.18. The second-order valence-corrected chi connectivity index (χ2v) is 7.84. The highest BCUT2D eigenvalue weighted by Crippen LogP contribution is 2.42. The normalized spacial score (nSPS) is 16.7. The molecule has 1 aromatic rings. The van der Waals surface area contributed by atoms with Crippen molar-refractivity contribution in [2.24, 2.45) is 0 Å². The van der Waals surface area contributed by atoms with Gasteiger partial charge in [-0.15, -0.1) is 0 Å². The van der Waals surface area contributed by atoms with Gasteiger partial charge in [0.25, 0.3) is 0 Å². The van der Waals surface area contributed by atoms with Crippen LogP contribution in [0.3, 0.4) is 0 Å². The Hall–Kier alpha value is -2.58. The van der Waals surface area contributed by atoms with Crippen LogP contribution in [0.5, 0.6) is 11.5 Å². The Morgan fingerprint density at radius 1 is 1.32 bits per heavy atom. The number of morpholine rings is 1. The van der Waals surface area contributed by atoms with Crippen molar-refractivity contribution in [3.05, 3.63) is 33.9 Å². The minimum atomic E-state index is -0.514. The first kappa shape index (κ1) is 23.1. The zero-order chi connectivity index (χ0) is 22.4. The highest BCUT2D eigenvalue weighted by atomic mass is 16.8. The number of rotatable bonds is 9. The molecule has 0 radical (unpaired) electrons. The van der Waals surface area contributed by atoms with Gasteiger partial charge in [0, 0.05) is 37.2 Å². The molecule has 0 spiro atoms. The molecule has 8 heteroatoms. The minimum Gasteiger partial charge on any atom is -0.507 e. The Morgan fingerprint density at radius 2 is 2.06 bits per heavy atom. The lowest BCUT2D eigenvalue weighted by molar-refractivity contribution is -0.144. The zero-order valence-corrected chi connectivity index (χ0v) is 18.5. The highest BCUT2D eigenvalue weighted by Gasteiger charge is 2.31. The van der Waals surface area contributed by atoms with Gasteiger partial charge < -0.3 is 24.1 Å². The van der Waals surface area contributed by atoms with E-state index in [9.17, 15) is 14.7 Å². The molecule has 0 amide bonds. The average Bonchev–Trinajstić information content (AvgIpc) is 3.16. The van der Waals surface area contributed by atoms with Crippen LogP contribution in [0.25, 0.3) is 0 Å². The molecule has 0 aliphatic carbocycles. The van der Waals surface area contributed by atoms with E-state index < -0.39 is 5.97 Å². The van der Waals surface area contributed by atoms with Crippen LogP contribution in [0.15, 0.2) is 11.6 Å². The van der Waals surface area contributed by atoms with Gasteiger partial charge in [0.05, 0.1) is 20.3 Å². The maximum atomic E-state index is 12.0. The molecule has 8 nitrogen and oxygen atoms in total. The van der Waals surface area contributed by atoms with E-state index in [1.54, 1.807) is 7.11 Å². The highest BCUT2D eigenvalue weighted by molar-refractivity contribution is 5.98. The SMILES string of the molecule is COc1c(C)c2c(c(O)c1C/C=C(\C)CC[14C](=O)OCCN1CCOCC1)C(=O)OC2. The van der Waals surface area contributed by atoms with E-state index in [1.165, 1.54) is 0 Å². The first-order chi connectivity index (χ1) is 14.9. The molecule has 3 rings (SSSR count). The number of aromatic hydroxyl groups is 1. The third-order valence-corrected chi connectivity index (χ3v) is 5.80. The molecule has 0 bridgehead atoms. The Balaban J connectivity index is 1.53. The zero-order valence-electron chi connectivity index (χ0n) is 18.5. The van der Waals surface area contributed by atoms with E-state index in [1.807, 2.05) is 19.9 Å². The third-order valence-electron chi connectivity index (χ3n) is 5.80. The summed E-state index contributed by atoms with van der Waals surface area (Å²) in [6.45, 7) is 8.23. The second kappa shape index (κ2) is 10.6. The number of benzene rings is 1. The quantitative estimate of drug-likeness (QED) is 0.467. The summed E-state index contributed by atoms with van der Waals surface area (Å²) in [5.74, 6) is -0.273. The fourth-order valence-electron chi connectivity index (χ4n) is 3.89. The lowest BCUT2D eigenvalue weighted by atomic mass is 9.95. The van der Waals surface area contributed by atoms with Gasteiger partial charge in [-0.3, -0.25) is 9.69 Å². The monoisotopic (exact) mass is 435 g/mol. The van der Waals surface area contributed by atoms with E-state index in [0.29, 0.717) is 42.7 Å². The smallest absolute Gasteiger partial charge is 0.342 e. The fraction of sp³-hybridized carbons (Fsp3) is 0.565. The summed E-state index contributed by atoms with van der Waals surface area (Å²) < 4.78 is 21.2. The molecule has 31 heavy (non-hydrogen) atoms.